The summed E-state index contributed by atoms with van der Waals surface area (Å²) < 4.78 is 0. The van der Waals surface area contributed by atoms with Crippen molar-refractivity contribution in [2.45, 2.75) is 20.3 Å². The van der Waals surface area contributed by atoms with Gasteiger partial charge in [-0.15, -0.1) is 11.3 Å². The SMILES string of the molecule is Cc1ccc(Nc2nc(C)c(CC(=O)O)s2)cc1Cl. The predicted octanol–water partition coefficient (Wildman–Crippen LogP) is 3.78. The molecule has 0 spiro atoms. The van der Waals surface area contributed by atoms with Crippen LogP contribution in [0.5, 0.6) is 0 Å². The molecular formula is C13H13ClN2O2S. The van der Waals surface area contributed by atoms with Crippen LogP contribution in [0.15, 0.2) is 18.2 Å². The maximum atomic E-state index is 10.7. The first-order valence-electron chi connectivity index (χ1n) is 5.67. The third-order valence-corrected chi connectivity index (χ3v) is 4.11. The lowest BCUT2D eigenvalue weighted by Gasteiger charge is -2.04. The van der Waals surface area contributed by atoms with E-state index in [1.54, 1.807) is 0 Å². The van der Waals surface area contributed by atoms with E-state index in [9.17, 15) is 4.79 Å². The number of nitrogens with one attached hydrogen (secondary N) is 1. The van der Waals surface area contributed by atoms with Gasteiger partial charge in [-0.05, 0) is 31.5 Å². The van der Waals surface area contributed by atoms with Gasteiger partial charge in [0.1, 0.15) is 0 Å². The van der Waals surface area contributed by atoms with Crippen LogP contribution >= 0.6 is 22.9 Å². The van der Waals surface area contributed by atoms with E-state index in [2.05, 4.69) is 10.3 Å². The number of halogens is 1. The van der Waals surface area contributed by atoms with Crippen molar-refractivity contribution in [3.8, 4) is 0 Å². The molecule has 0 atom stereocenters. The molecule has 0 aliphatic rings. The van der Waals surface area contributed by atoms with Crippen LogP contribution in [0, 0.1) is 13.8 Å². The second-order valence-electron chi connectivity index (χ2n) is 4.19. The Hall–Kier alpha value is -1.59. The van der Waals surface area contributed by atoms with Gasteiger partial charge in [-0.3, -0.25) is 4.79 Å². The van der Waals surface area contributed by atoms with E-state index < -0.39 is 5.97 Å². The van der Waals surface area contributed by atoms with Crippen molar-refractivity contribution in [2.24, 2.45) is 0 Å². The fourth-order valence-electron chi connectivity index (χ4n) is 1.58. The average Bonchev–Trinajstić information content (AvgIpc) is 2.64. The summed E-state index contributed by atoms with van der Waals surface area (Å²) in [6.07, 6.45) is -0.000165. The molecule has 2 aromatic rings. The Morgan fingerprint density at radius 3 is 2.84 bits per heavy atom. The highest BCUT2D eigenvalue weighted by Gasteiger charge is 2.11. The number of aliphatic carboxylic acids is 1. The topological polar surface area (TPSA) is 62.2 Å². The van der Waals surface area contributed by atoms with Crippen molar-refractivity contribution in [3.63, 3.8) is 0 Å². The second kappa shape index (κ2) is 5.59. The number of carboxylic acids is 1. The lowest BCUT2D eigenvalue weighted by molar-refractivity contribution is -0.136. The first kappa shape index (κ1) is 13.8. The predicted molar refractivity (Wildman–Crippen MR) is 77.7 cm³/mol. The van der Waals surface area contributed by atoms with Crippen molar-refractivity contribution in [2.75, 3.05) is 5.32 Å². The lowest BCUT2D eigenvalue weighted by atomic mass is 10.2. The largest absolute Gasteiger partial charge is 0.481 e. The van der Waals surface area contributed by atoms with Crippen molar-refractivity contribution in [1.29, 1.82) is 0 Å². The number of aromatic nitrogens is 1. The van der Waals surface area contributed by atoms with Crippen molar-refractivity contribution < 1.29 is 9.90 Å². The number of nitrogens with zero attached hydrogens (tertiary/aromatic N) is 1. The Morgan fingerprint density at radius 2 is 2.21 bits per heavy atom. The van der Waals surface area contributed by atoms with Crippen LogP contribution in [-0.4, -0.2) is 16.1 Å². The molecule has 0 unspecified atom stereocenters. The quantitative estimate of drug-likeness (QED) is 0.901. The Labute approximate surface area is 120 Å². The van der Waals surface area contributed by atoms with Gasteiger partial charge in [-0.2, -0.15) is 0 Å². The Balaban J connectivity index is 2.19. The van der Waals surface area contributed by atoms with Gasteiger partial charge in [0.2, 0.25) is 0 Å². The number of carboxylic acid groups (broad SMARTS) is 1. The van der Waals surface area contributed by atoms with Gasteiger partial charge in [-0.25, -0.2) is 4.98 Å². The fraction of sp³-hybridized carbons (Fsp3) is 0.231. The van der Waals surface area contributed by atoms with Gasteiger partial charge in [0.25, 0.3) is 0 Å². The summed E-state index contributed by atoms with van der Waals surface area (Å²) in [6, 6.07) is 5.66. The Morgan fingerprint density at radius 1 is 1.47 bits per heavy atom. The van der Waals surface area contributed by atoms with Gasteiger partial charge in [-0.1, -0.05) is 17.7 Å². The Bertz CT molecular complexity index is 625. The molecule has 0 amide bonds. The standard InChI is InChI=1S/C13H13ClN2O2S/c1-7-3-4-9(5-10(7)14)16-13-15-8(2)11(19-13)6-12(17)18/h3-5H,6H2,1-2H3,(H,15,16)(H,17,18). The van der Waals surface area contributed by atoms with Gasteiger partial charge in [0.15, 0.2) is 5.13 Å². The molecule has 1 aromatic heterocycles. The third-order valence-electron chi connectivity index (χ3n) is 2.63. The zero-order valence-electron chi connectivity index (χ0n) is 10.5. The average molecular weight is 297 g/mol. The lowest BCUT2D eigenvalue weighted by Crippen LogP contribution is -1.99. The van der Waals surface area contributed by atoms with E-state index in [0.717, 1.165) is 21.8 Å². The van der Waals surface area contributed by atoms with Crippen LogP contribution in [0.1, 0.15) is 16.1 Å². The molecule has 6 heteroatoms. The number of carbonyl (C=O) groups is 1. The van der Waals surface area contributed by atoms with Gasteiger partial charge >= 0.3 is 5.97 Å². The van der Waals surface area contributed by atoms with Gasteiger partial charge in [0.05, 0.1) is 12.1 Å². The molecule has 0 fully saturated rings. The highest BCUT2D eigenvalue weighted by atomic mass is 35.5. The van der Waals surface area contributed by atoms with Crippen molar-refractivity contribution in [1.82, 2.24) is 4.98 Å². The molecule has 0 bridgehead atoms. The summed E-state index contributed by atoms with van der Waals surface area (Å²) in [5.41, 5.74) is 2.59. The molecule has 0 aliphatic heterocycles. The van der Waals surface area contributed by atoms with Crippen LogP contribution < -0.4 is 5.32 Å². The summed E-state index contributed by atoms with van der Waals surface area (Å²) in [7, 11) is 0. The molecule has 1 aromatic carbocycles. The fourth-order valence-corrected chi connectivity index (χ4v) is 2.73. The molecule has 4 nitrogen and oxygen atoms in total. The highest BCUT2D eigenvalue weighted by molar-refractivity contribution is 7.15. The van der Waals surface area contributed by atoms with Gasteiger partial charge < -0.3 is 10.4 Å². The number of hydrogen-bond acceptors (Lipinski definition) is 4. The number of aryl methyl sites for hydroxylation is 2. The van der Waals surface area contributed by atoms with E-state index in [1.165, 1.54) is 11.3 Å². The van der Waals surface area contributed by atoms with Crippen molar-refractivity contribution in [3.05, 3.63) is 39.4 Å². The maximum absolute atomic E-state index is 10.7. The van der Waals surface area contributed by atoms with E-state index in [1.807, 2.05) is 32.0 Å². The molecule has 19 heavy (non-hydrogen) atoms. The molecule has 2 N–H and O–H groups in total. The highest BCUT2D eigenvalue weighted by Crippen LogP contribution is 2.28. The maximum Gasteiger partial charge on any atom is 0.308 e. The third kappa shape index (κ3) is 3.45. The summed E-state index contributed by atoms with van der Waals surface area (Å²) in [5.74, 6) is -0.850. The number of rotatable bonds is 4. The number of hydrogen-bond donors (Lipinski definition) is 2. The zero-order valence-corrected chi connectivity index (χ0v) is 12.1. The van der Waals surface area contributed by atoms with Crippen LogP contribution in [-0.2, 0) is 11.2 Å². The van der Waals surface area contributed by atoms with Crippen molar-refractivity contribution >= 4 is 39.7 Å². The molecule has 0 saturated heterocycles. The van der Waals surface area contributed by atoms with Gasteiger partial charge in [0, 0.05) is 15.6 Å². The monoisotopic (exact) mass is 296 g/mol. The molecular weight excluding hydrogens is 284 g/mol. The van der Waals surface area contributed by atoms with Crippen LogP contribution in [0.25, 0.3) is 0 Å². The molecule has 100 valence electrons. The number of anilines is 2. The Kier molecular flexibility index (Phi) is 4.07. The van der Waals surface area contributed by atoms with E-state index in [-0.39, 0.29) is 6.42 Å². The summed E-state index contributed by atoms with van der Waals surface area (Å²) in [6.45, 7) is 3.74. The van der Waals surface area contributed by atoms with Crippen LogP contribution in [0.3, 0.4) is 0 Å². The summed E-state index contributed by atoms with van der Waals surface area (Å²) in [5, 5.41) is 13.3. The summed E-state index contributed by atoms with van der Waals surface area (Å²) >= 11 is 7.40. The normalized spacial score (nSPS) is 10.5. The van der Waals surface area contributed by atoms with E-state index in [0.29, 0.717) is 10.2 Å². The van der Waals surface area contributed by atoms with Crippen LogP contribution in [0.4, 0.5) is 10.8 Å². The van der Waals surface area contributed by atoms with Crippen LogP contribution in [0.2, 0.25) is 5.02 Å². The first-order valence-corrected chi connectivity index (χ1v) is 6.86. The van der Waals surface area contributed by atoms with E-state index in [4.69, 9.17) is 16.7 Å². The molecule has 2 rings (SSSR count). The molecule has 0 radical (unpaired) electrons. The summed E-state index contributed by atoms with van der Waals surface area (Å²) in [4.78, 5) is 15.8. The molecule has 1 heterocycles. The number of benzene rings is 1. The smallest absolute Gasteiger partial charge is 0.308 e. The minimum atomic E-state index is -0.850. The second-order valence-corrected chi connectivity index (χ2v) is 5.68. The van der Waals surface area contributed by atoms with E-state index >= 15 is 0 Å². The zero-order chi connectivity index (χ0) is 14.0. The minimum Gasteiger partial charge on any atom is -0.481 e. The molecule has 0 saturated carbocycles. The first-order chi connectivity index (χ1) is 8.95. The number of thiazole rings is 1. The molecule has 0 aliphatic carbocycles. The minimum absolute atomic E-state index is 0.000165.